The van der Waals surface area contributed by atoms with Crippen LogP contribution in [0.25, 0.3) is 20.9 Å². The van der Waals surface area contributed by atoms with Crippen molar-refractivity contribution >= 4 is 35.7 Å². The lowest BCUT2D eigenvalue weighted by atomic mass is 10.1. The normalized spacial score (nSPS) is 19.6. The first kappa shape index (κ1) is 19.1. The number of amides is 1. The molecule has 2 aromatic heterocycles. The first-order valence-corrected chi connectivity index (χ1v) is 14.6. The maximum Gasteiger partial charge on any atom is 0.268 e. The summed E-state index contributed by atoms with van der Waals surface area (Å²) in [6.45, 7) is 2.03. The topological polar surface area (TPSA) is 57.8 Å². The van der Waals surface area contributed by atoms with Gasteiger partial charge in [0.15, 0.2) is 0 Å². The Hall–Kier alpha value is -1.92. The lowest BCUT2D eigenvalue weighted by Crippen LogP contribution is -2.46. The first-order chi connectivity index (χ1) is 14.1. The number of thiazole rings is 1. The fourth-order valence-corrected chi connectivity index (χ4v) is 11.8. The van der Waals surface area contributed by atoms with Crippen LogP contribution in [0.5, 0.6) is 0 Å². The number of benzene rings is 1. The molecule has 0 unspecified atom stereocenters. The van der Waals surface area contributed by atoms with E-state index in [9.17, 15) is 4.79 Å². The van der Waals surface area contributed by atoms with E-state index in [2.05, 4.69) is 22.4 Å². The smallest absolute Gasteiger partial charge is 0.268 e. The van der Waals surface area contributed by atoms with Crippen LogP contribution >= 0.6 is 11.3 Å². The number of aromatic nitrogens is 2. The number of carbonyl (C=O) groups is 1. The molecule has 4 nitrogen and oxygen atoms in total. The van der Waals surface area contributed by atoms with E-state index in [0.29, 0.717) is 11.7 Å². The molecule has 2 fully saturated rings. The highest BCUT2D eigenvalue weighted by molar-refractivity contribution is 7.21. The Labute approximate surface area is 177 Å². The summed E-state index contributed by atoms with van der Waals surface area (Å²) < 4.78 is 1.09. The van der Waals surface area contributed by atoms with Crippen molar-refractivity contribution < 1.29 is 4.79 Å². The number of hydrogen-bond acceptors (Lipinski definition) is 3. The maximum absolute atomic E-state index is 13.0. The number of aryl methyl sites for hydroxylation is 1. The Morgan fingerprint density at radius 3 is 2.52 bits per heavy atom. The van der Waals surface area contributed by atoms with Gasteiger partial charge < -0.3 is 10.3 Å². The molecule has 0 bridgehead atoms. The number of carbonyl (C=O) groups excluding carboxylic acids is 1. The quantitative estimate of drug-likeness (QED) is 0.498. The van der Waals surface area contributed by atoms with E-state index in [1.807, 2.05) is 25.1 Å². The Bertz CT molecular complexity index is 1010. The molecule has 1 amide bonds. The number of rotatable bonds is 3. The number of nitrogens with zero attached hydrogens (tertiary/aromatic N) is 1. The van der Waals surface area contributed by atoms with E-state index < -0.39 is 8.07 Å². The lowest BCUT2D eigenvalue weighted by Gasteiger charge is -2.41. The number of fused-ring (bicyclic) bond motifs is 1. The van der Waals surface area contributed by atoms with Crippen molar-refractivity contribution in [1.82, 2.24) is 15.3 Å². The summed E-state index contributed by atoms with van der Waals surface area (Å²) in [6.07, 6.45) is 6.72. The standard InChI is InChI=1S/C23H29N3OSSi/c1-16-19(25-21-20(16)28-23(26-21)17-8-4-2-5-9-17)22(27)24-18-10-14-29(15-11-18)12-6-3-7-13-29/h2,4-5,8-9,18,25H,3,6-7,10-15H2,1H3,(H,24,27). The number of H-pyrrole nitrogens is 1. The lowest BCUT2D eigenvalue weighted by molar-refractivity contribution is 0.0928. The van der Waals surface area contributed by atoms with Crippen molar-refractivity contribution in [1.29, 1.82) is 0 Å². The van der Waals surface area contributed by atoms with Crippen molar-refractivity contribution in [2.75, 3.05) is 0 Å². The zero-order valence-corrected chi connectivity index (χ0v) is 18.9. The third-order valence-corrected chi connectivity index (χ3v) is 13.9. The average molecular weight is 424 g/mol. The van der Waals surface area contributed by atoms with Crippen LogP contribution in [0.2, 0.25) is 24.2 Å². The van der Waals surface area contributed by atoms with Crippen LogP contribution in [0.1, 0.15) is 48.2 Å². The van der Waals surface area contributed by atoms with Gasteiger partial charge in [-0.05, 0) is 25.3 Å². The van der Waals surface area contributed by atoms with Crippen LogP contribution in [-0.2, 0) is 0 Å². The fraction of sp³-hybridized carbons (Fsp3) is 0.478. The molecule has 4 heterocycles. The highest BCUT2D eigenvalue weighted by Gasteiger charge is 2.38. The molecule has 5 rings (SSSR count). The Morgan fingerprint density at radius 2 is 1.83 bits per heavy atom. The summed E-state index contributed by atoms with van der Waals surface area (Å²) in [6, 6.07) is 16.5. The molecule has 0 atom stereocenters. The van der Waals surface area contributed by atoms with Gasteiger partial charge in [-0.25, -0.2) is 4.98 Å². The summed E-state index contributed by atoms with van der Waals surface area (Å²) >= 11 is 1.66. The molecule has 1 aromatic carbocycles. The van der Waals surface area contributed by atoms with E-state index >= 15 is 0 Å². The summed E-state index contributed by atoms with van der Waals surface area (Å²) in [5.41, 5.74) is 3.66. The van der Waals surface area contributed by atoms with Gasteiger partial charge in [0, 0.05) is 11.6 Å². The van der Waals surface area contributed by atoms with E-state index in [-0.39, 0.29) is 5.91 Å². The molecular weight excluding hydrogens is 394 g/mol. The van der Waals surface area contributed by atoms with Gasteiger partial charge in [-0.15, -0.1) is 11.3 Å². The third-order valence-electron chi connectivity index (χ3n) is 7.13. The highest BCUT2D eigenvalue weighted by Crippen LogP contribution is 2.41. The van der Waals surface area contributed by atoms with Crippen molar-refractivity contribution in [2.45, 2.75) is 69.2 Å². The Balaban J connectivity index is 1.28. The minimum absolute atomic E-state index is 0.0419. The van der Waals surface area contributed by atoms with Crippen molar-refractivity contribution in [3.05, 3.63) is 41.6 Å². The molecule has 2 aliphatic rings. The fourth-order valence-electron chi connectivity index (χ4n) is 5.35. The molecule has 0 saturated carbocycles. The van der Waals surface area contributed by atoms with E-state index in [1.165, 1.54) is 56.3 Å². The molecule has 3 aromatic rings. The Kier molecular flexibility index (Phi) is 5.08. The summed E-state index contributed by atoms with van der Waals surface area (Å²) in [5.74, 6) is 0.0419. The number of aromatic amines is 1. The van der Waals surface area contributed by atoms with E-state index in [0.717, 1.165) is 26.5 Å². The van der Waals surface area contributed by atoms with Crippen molar-refractivity contribution in [2.24, 2.45) is 0 Å². The van der Waals surface area contributed by atoms with Gasteiger partial charge in [-0.1, -0.05) is 73.8 Å². The molecule has 152 valence electrons. The first-order valence-electron chi connectivity index (χ1n) is 11.0. The number of hydrogen-bond donors (Lipinski definition) is 2. The van der Waals surface area contributed by atoms with Crippen LogP contribution < -0.4 is 5.32 Å². The van der Waals surface area contributed by atoms with Crippen LogP contribution in [0.4, 0.5) is 0 Å². The second kappa shape index (κ2) is 7.72. The largest absolute Gasteiger partial charge is 0.348 e. The van der Waals surface area contributed by atoms with Gasteiger partial charge in [0.1, 0.15) is 16.3 Å². The van der Waals surface area contributed by atoms with Gasteiger partial charge in [0.2, 0.25) is 0 Å². The maximum atomic E-state index is 13.0. The predicted octanol–water partition coefficient (Wildman–Crippen LogP) is 6.12. The Morgan fingerprint density at radius 1 is 1.10 bits per heavy atom. The SMILES string of the molecule is Cc1c(C(=O)NC2CC[Si]3(CCCCC3)CC2)[nH]c2nc(-c3ccccc3)sc12. The van der Waals surface area contributed by atoms with Crippen molar-refractivity contribution in [3.63, 3.8) is 0 Å². The highest BCUT2D eigenvalue weighted by atomic mass is 32.1. The predicted molar refractivity (Wildman–Crippen MR) is 123 cm³/mol. The molecule has 2 saturated heterocycles. The van der Waals surface area contributed by atoms with Gasteiger partial charge in [0.05, 0.1) is 12.8 Å². The second-order valence-corrected chi connectivity index (χ2v) is 15.0. The molecule has 1 spiro atoms. The van der Waals surface area contributed by atoms with Crippen LogP contribution in [0.15, 0.2) is 30.3 Å². The van der Waals surface area contributed by atoms with E-state index in [4.69, 9.17) is 4.98 Å². The molecule has 0 radical (unpaired) electrons. The van der Waals surface area contributed by atoms with Crippen LogP contribution in [0, 0.1) is 6.92 Å². The zero-order valence-electron chi connectivity index (χ0n) is 17.1. The minimum atomic E-state index is -0.974. The zero-order chi connectivity index (χ0) is 19.8. The molecule has 29 heavy (non-hydrogen) atoms. The molecule has 2 N–H and O–H groups in total. The summed E-state index contributed by atoms with van der Waals surface area (Å²) in [4.78, 5) is 21.0. The molecule has 2 aliphatic heterocycles. The summed E-state index contributed by atoms with van der Waals surface area (Å²) in [5, 5.41) is 4.32. The minimum Gasteiger partial charge on any atom is -0.348 e. The molecule has 6 heteroatoms. The monoisotopic (exact) mass is 423 g/mol. The van der Waals surface area contributed by atoms with Crippen molar-refractivity contribution in [3.8, 4) is 10.6 Å². The average Bonchev–Trinajstić information content (AvgIpc) is 3.31. The second-order valence-electron chi connectivity index (χ2n) is 9.00. The van der Waals surface area contributed by atoms with Gasteiger partial charge >= 0.3 is 0 Å². The third kappa shape index (κ3) is 3.68. The van der Waals surface area contributed by atoms with Gasteiger partial charge in [-0.2, -0.15) is 0 Å². The van der Waals surface area contributed by atoms with Crippen LogP contribution in [-0.4, -0.2) is 30.0 Å². The number of nitrogens with one attached hydrogen (secondary N) is 2. The van der Waals surface area contributed by atoms with Crippen LogP contribution in [0.3, 0.4) is 0 Å². The van der Waals surface area contributed by atoms with E-state index in [1.54, 1.807) is 11.3 Å². The molecular formula is C23H29N3OSSi. The van der Waals surface area contributed by atoms with Gasteiger partial charge in [0.25, 0.3) is 5.91 Å². The summed E-state index contributed by atoms with van der Waals surface area (Å²) in [7, 11) is -0.974. The molecule has 0 aliphatic carbocycles. The van der Waals surface area contributed by atoms with Gasteiger partial charge in [-0.3, -0.25) is 4.79 Å².